The van der Waals surface area contributed by atoms with E-state index in [1.54, 1.807) is 31.2 Å². The summed E-state index contributed by atoms with van der Waals surface area (Å²) >= 11 is 0. The molecule has 3 heteroatoms. The zero-order chi connectivity index (χ0) is 17.0. The molecule has 0 aliphatic rings. The van der Waals surface area contributed by atoms with Crippen molar-refractivity contribution in [3.05, 3.63) is 65.2 Å². The van der Waals surface area contributed by atoms with Crippen LogP contribution in [0.4, 0.5) is 5.69 Å². The van der Waals surface area contributed by atoms with E-state index in [4.69, 9.17) is 0 Å². The van der Waals surface area contributed by atoms with Gasteiger partial charge in [-0.2, -0.15) is 0 Å². The fourth-order valence-corrected chi connectivity index (χ4v) is 2.28. The van der Waals surface area contributed by atoms with Crippen LogP contribution < -0.4 is 5.32 Å². The molecule has 2 aromatic carbocycles. The number of hydrogen-bond donors (Lipinski definition) is 1. The number of carbonyl (C=O) groups is 2. The van der Waals surface area contributed by atoms with Crippen LogP contribution in [0.15, 0.2) is 48.5 Å². The van der Waals surface area contributed by atoms with Crippen molar-refractivity contribution in [3.8, 4) is 0 Å². The highest BCUT2D eigenvalue weighted by Gasteiger charge is 2.15. The average molecular weight is 309 g/mol. The molecule has 0 aliphatic heterocycles. The van der Waals surface area contributed by atoms with Gasteiger partial charge in [0.2, 0.25) is 5.91 Å². The zero-order valence-electron chi connectivity index (χ0n) is 14.1. The summed E-state index contributed by atoms with van der Waals surface area (Å²) in [7, 11) is 0. The van der Waals surface area contributed by atoms with Crippen LogP contribution in [0.5, 0.6) is 0 Å². The number of benzene rings is 2. The lowest BCUT2D eigenvalue weighted by Gasteiger charge is -2.19. The van der Waals surface area contributed by atoms with E-state index in [2.05, 4.69) is 26.1 Å². The maximum atomic E-state index is 12.6. The number of rotatable bonds is 4. The molecule has 0 bridgehead atoms. The molecule has 0 aliphatic carbocycles. The van der Waals surface area contributed by atoms with Crippen LogP contribution in [0.25, 0.3) is 0 Å². The van der Waals surface area contributed by atoms with Gasteiger partial charge in [0, 0.05) is 23.2 Å². The third-order valence-corrected chi connectivity index (χ3v) is 3.74. The summed E-state index contributed by atoms with van der Waals surface area (Å²) in [4.78, 5) is 24.1. The first-order chi connectivity index (χ1) is 10.8. The summed E-state index contributed by atoms with van der Waals surface area (Å²) in [5.41, 5.74) is 3.12. The molecule has 0 fully saturated rings. The number of hydrogen-bond acceptors (Lipinski definition) is 2. The lowest BCUT2D eigenvalue weighted by Crippen LogP contribution is -2.12. The van der Waals surface area contributed by atoms with E-state index >= 15 is 0 Å². The van der Waals surface area contributed by atoms with Crippen LogP contribution in [-0.4, -0.2) is 11.7 Å². The maximum absolute atomic E-state index is 12.6. The molecule has 1 N–H and O–H groups in total. The Hall–Kier alpha value is -2.42. The molecular formula is C20H23NO2. The number of amides is 1. The van der Waals surface area contributed by atoms with Gasteiger partial charge in [0.25, 0.3) is 0 Å². The molecule has 0 atom stereocenters. The van der Waals surface area contributed by atoms with Crippen LogP contribution in [0.3, 0.4) is 0 Å². The molecule has 23 heavy (non-hydrogen) atoms. The maximum Gasteiger partial charge on any atom is 0.224 e. The Labute approximate surface area is 137 Å². The summed E-state index contributed by atoms with van der Waals surface area (Å²) in [6.45, 7) is 8.22. The van der Waals surface area contributed by atoms with Crippen LogP contribution in [0, 0.1) is 0 Å². The number of carbonyl (C=O) groups excluding carboxylic acids is 2. The molecule has 3 nitrogen and oxygen atoms in total. The minimum Gasteiger partial charge on any atom is -0.326 e. The summed E-state index contributed by atoms with van der Waals surface area (Å²) in [6, 6.07) is 14.8. The molecule has 0 unspecified atom stereocenters. The Morgan fingerprint density at radius 3 is 2.17 bits per heavy atom. The second-order valence-electron chi connectivity index (χ2n) is 6.64. The highest BCUT2D eigenvalue weighted by Crippen LogP contribution is 2.23. The van der Waals surface area contributed by atoms with Crippen LogP contribution >= 0.6 is 0 Å². The van der Waals surface area contributed by atoms with Crippen molar-refractivity contribution in [2.45, 2.75) is 39.5 Å². The smallest absolute Gasteiger partial charge is 0.224 e. The second-order valence-corrected chi connectivity index (χ2v) is 6.64. The lowest BCUT2D eigenvalue weighted by molar-refractivity contribution is -0.115. The van der Waals surface area contributed by atoms with E-state index in [1.165, 1.54) is 5.56 Å². The lowest BCUT2D eigenvalue weighted by atomic mass is 9.86. The van der Waals surface area contributed by atoms with Gasteiger partial charge in [-0.1, -0.05) is 64.1 Å². The molecular weight excluding hydrogens is 286 g/mol. The highest BCUT2D eigenvalue weighted by atomic mass is 16.1. The van der Waals surface area contributed by atoms with Gasteiger partial charge in [0.05, 0.1) is 0 Å². The van der Waals surface area contributed by atoms with Crippen molar-refractivity contribution in [2.24, 2.45) is 0 Å². The molecule has 0 spiro atoms. The molecule has 120 valence electrons. The first-order valence-corrected chi connectivity index (χ1v) is 7.86. The number of anilines is 1. The predicted octanol–water partition coefficient (Wildman–Crippen LogP) is 4.56. The third-order valence-electron chi connectivity index (χ3n) is 3.74. The van der Waals surface area contributed by atoms with E-state index in [9.17, 15) is 9.59 Å². The second kappa shape index (κ2) is 6.78. The van der Waals surface area contributed by atoms with Gasteiger partial charge in [0.1, 0.15) is 0 Å². The summed E-state index contributed by atoms with van der Waals surface area (Å²) < 4.78 is 0. The van der Waals surface area contributed by atoms with Crippen molar-refractivity contribution in [2.75, 3.05) is 5.32 Å². The van der Waals surface area contributed by atoms with Gasteiger partial charge in [-0.25, -0.2) is 0 Å². The molecule has 0 saturated heterocycles. The van der Waals surface area contributed by atoms with E-state index in [0.29, 0.717) is 23.2 Å². The van der Waals surface area contributed by atoms with Gasteiger partial charge >= 0.3 is 0 Å². The van der Waals surface area contributed by atoms with Gasteiger partial charge < -0.3 is 5.32 Å². The van der Waals surface area contributed by atoms with E-state index in [1.807, 2.05) is 24.3 Å². The molecule has 0 radical (unpaired) electrons. The number of nitrogens with one attached hydrogen (secondary N) is 1. The first kappa shape index (κ1) is 16.9. The van der Waals surface area contributed by atoms with Crippen molar-refractivity contribution < 1.29 is 9.59 Å². The molecule has 0 heterocycles. The van der Waals surface area contributed by atoms with Crippen molar-refractivity contribution in [3.63, 3.8) is 0 Å². The van der Waals surface area contributed by atoms with Gasteiger partial charge in [-0.3, -0.25) is 9.59 Å². The minimum atomic E-state index is -0.0656. The van der Waals surface area contributed by atoms with Gasteiger partial charge in [-0.05, 0) is 23.1 Å². The summed E-state index contributed by atoms with van der Waals surface area (Å²) in [5.74, 6) is -0.109. The van der Waals surface area contributed by atoms with E-state index in [0.717, 1.165) is 0 Å². The molecule has 0 aromatic heterocycles. The Morgan fingerprint density at radius 1 is 0.957 bits per heavy atom. The Bertz CT molecular complexity index is 709. The van der Waals surface area contributed by atoms with Crippen LogP contribution in [-0.2, 0) is 10.2 Å². The SMILES string of the molecule is CCC(=O)Nc1cccc(C(=O)c2ccc(C(C)(C)C)cc2)c1. The summed E-state index contributed by atoms with van der Waals surface area (Å²) in [6.07, 6.45) is 0.409. The minimum absolute atomic E-state index is 0.0435. The average Bonchev–Trinajstić information content (AvgIpc) is 2.53. The molecule has 0 saturated carbocycles. The number of ketones is 1. The van der Waals surface area contributed by atoms with E-state index < -0.39 is 0 Å². The monoisotopic (exact) mass is 309 g/mol. The Kier molecular flexibility index (Phi) is 4.99. The standard InChI is InChI=1S/C20H23NO2/c1-5-18(22)21-17-8-6-7-15(13-17)19(23)14-9-11-16(12-10-14)20(2,3)4/h6-13H,5H2,1-4H3,(H,21,22). The normalized spacial score (nSPS) is 11.1. The topological polar surface area (TPSA) is 46.2 Å². The largest absolute Gasteiger partial charge is 0.326 e. The van der Waals surface area contributed by atoms with Crippen LogP contribution in [0.1, 0.15) is 55.6 Å². The van der Waals surface area contributed by atoms with Gasteiger partial charge in [-0.15, -0.1) is 0 Å². The Balaban J connectivity index is 2.23. The fourth-order valence-electron chi connectivity index (χ4n) is 2.28. The van der Waals surface area contributed by atoms with Gasteiger partial charge in [0.15, 0.2) is 5.78 Å². The Morgan fingerprint density at radius 2 is 1.61 bits per heavy atom. The van der Waals surface area contributed by atoms with Crippen molar-refractivity contribution in [1.82, 2.24) is 0 Å². The highest BCUT2D eigenvalue weighted by molar-refractivity contribution is 6.09. The van der Waals surface area contributed by atoms with Crippen molar-refractivity contribution >= 4 is 17.4 Å². The predicted molar refractivity (Wildman–Crippen MR) is 93.9 cm³/mol. The molecule has 1 amide bonds. The quantitative estimate of drug-likeness (QED) is 0.841. The summed E-state index contributed by atoms with van der Waals surface area (Å²) in [5, 5.41) is 2.78. The molecule has 2 aromatic rings. The third kappa shape index (κ3) is 4.28. The van der Waals surface area contributed by atoms with Crippen molar-refractivity contribution in [1.29, 1.82) is 0 Å². The van der Waals surface area contributed by atoms with Crippen LogP contribution in [0.2, 0.25) is 0 Å². The zero-order valence-corrected chi connectivity index (χ0v) is 14.1. The first-order valence-electron chi connectivity index (χ1n) is 7.86. The molecule has 2 rings (SSSR count). The fraction of sp³-hybridized carbons (Fsp3) is 0.300. The van der Waals surface area contributed by atoms with E-state index in [-0.39, 0.29) is 17.1 Å².